The molecule has 1 aliphatic heterocycles. The summed E-state index contributed by atoms with van der Waals surface area (Å²) in [5.41, 5.74) is 0. The molecular formula is C8H13F3N2O. The summed E-state index contributed by atoms with van der Waals surface area (Å²) in [4.78, 5) is 13.7. The topological polar surface area (TPSA) is 23.6 Å². The largest absolute Gasteiger partial charge is 0.471 e. The van der Waals surface area contributed by atoms with Crippen molar-refractivity contribution in [1.82, 2.24) is 9.80 Å². The van der Waals surface area contributed by atoms with E-state index in [1.807, 2.05) is 11.8 Å². The Morgan fingerprint density at radius 2 is 1.71 bits per heavy atom. The van der Waals surface area contributed by atoms with E-state index in [0.29, 0.717) is 13.1 Å². The molecule has 1 rings (SSSR count). The van der Waals surface area contributed by atoms with Crippen LogP contribution in [0.5, 0.6) is 0 Å². The molecule has 0 aromatic rings. The van der Waals surface area contributed by atoms with E-state index in [1.165, 1.54) is 0 Å². The highest BCUT2D eigenvalue weighted by Gasteiger charge is 2.42. The van der Waals surface area contributed by atoms with Crippen molar-refractivity contribution in [2.45, 2.75) is 13.1 Å². The van der Waals surface area contributed by atoms with Crippen LogP contribution in [0.3, 0.4) is 0 Å². The summed E-state index contributed by atoms with van der Waals surface area (Å²) < 4.78 is 36.0. The molecule has 0 radical (unpaired) electrons. The first-order chi connectivity index (χ1) is 6.45. The lowest BCUT2D eigenvalue weighted by Gasteiger charge is -2.34. The van der Waals surface area contributed by atoms with Crippen LogP contribution in [0.15, 0.2) is 0 Å². The van der Waals surface area contributed by atoms with Crippen molar-refractivity contribution in [3.05, 3.63) is 0 Å². The van der Waals surface area contributed by atoms with Crippen molar-refractivity contribution in [3.63, 3.8) is 0 Å². The predicted molar refractivity (Wildman–Crippen MR) is 44.7 cm³/mol. The molecule has 1 saturated heterocycles. The van der Waals surface area contributed by atoms with Crippen LogP contribution in [0.1, 0.15) is 6.92 Å². The molecular weight excluding hydrogens is 197 g/mol. The first-order valence-corrected chi connectivity index (χ1v) is 4.53. The Balaban J connectivity index is 2.46. The first kappa shape index (κ1) is 11.3. The Morgan fingerprint density at radius 3 is 2.07 bits per heavy atom. The van der Waals surface area contributed by atoms with Crippen molar-refractivity contribution in [3.8, 4) is 0 Å². The maximum atomic E-state index is 12.0. The number of likely N-dealkylation sites (N-methyl/N-ethyl adjacent to an activating group) is 1. The van der Waals surface area contributed by atoms with Gasteiger partial charge in [0.25, 0.3) is 0 Å². The molecule has 1 heterocycles. The van der Waals surface area contributed by atoms with Crippen LogP contribution in [-0.2, 0) is 4.79 Å². The smallest absolute Gasteiger partial charge is 0.332 e. The van der Waals surface area contributed by atoms with Gasteiger partial charge in [0.2, 0.25) is 0 Å². The van der Waals surface area contributed by atoms with E-state index >= 15 is 0 Å². The highest BCUT2D eigenvalue weighted by Crippen LogP contribution is 2.19. The van der Waals surface area contributed by atoms with Gasteiger partial charge in [-0.1, -0.05) is 6.92 Å². The van der Waals surface area contributed by atoms with E-state index in [1.54, 1.807) is 0 Å². The van der Waals surface area contributed by atoms with Gasteiger partial charge in [0, 0.05) is 26.2 Å². The number of carbonyl (C=O) groups is 1. The molecule has 6 heteroatoms. The number of halogens is 3. The van der Waals surface area contributed by atoms with Gasteiger partial charge in [-0.3, -0.25) is 4.79 Å². The molecule has 1 aliphatic rings. The number of rotatable bonds is 1. The Labute approximate surface area is 80.5 Å². The standard InChI is InChI=1S/C8H13F3N2O/c1-2-12-3-5-13(6-4-12)7(14)8(9,10)11/h2-6H2,1H3. The van der Waals surface area contributed by atoms with Crippen molar-refractivity contribution in [2.75, 3.05) is 32.7 Å². The zero-order valence-corrected chi connectivity index (χ0v) is 7.97. The third-order valence-corrected chi connectivity index (χ3v) is 2.35. The quantitative estimate of drug-likeness (QED) is 0.636. The summed E-state index contributed by atoms with van der Waals surface area (Å²) in [5, 5.41) is 0. The Morgan fingerprint density at radius 1 is 1.21 bits per heavy atom. The predicted octanol–water partition coefficient (Wildman–Crippen LogP) is 0.713. The summed E-state index contributed by atoms with van der Waals surface area (Å²) in [6.07, 6.45) is -4.73. The van der Waals surface area contributed by atoms with Crippen LogP contribution in [0.25, 0.3) is 0 Å². The average Bonchev–Trinajstić information content (AvgIpc) is 2.15. The molecule has 1 amide bonds. The summed E-state index contributed by atoms with van der Waals surface area (Å²) >= 11 is 0. The molecule has 0 aliphatic carbocycles. The highest BCUT2D eigenvalue weighted by atomic mass is 19.4. The molecule has 14 heavy (non-hydrogen) atoms. The van der Waals surface area contributed by atoms with E-state index < -0.39 is 12.1 Å². The third kappa shape index (κ3) is 2.60. The van der Waals surface area contributed by atoms with Crippen molar-refractivity contribution < 1.29 is 18.0 Å². The number of hydrogen-bond donors (Lipinski definition) is 0. The van der Waals surface area contributed by atoms with Gasteiger partial charge >= 0.3 is 12.1 Å². The molecule has 3 nitrogen and oxygen atoms in total. The number of piperazine rings is 1. The molecule has 1 fully saturated rings. The van der Waals surface area contributed by atoms with Crippen LogP contribution in [0.2, 0.25) is 0 Å². The molecule has 0 saturated carbocycles. The van der Waals surface area contributed by atoms with Gasteiger partial charge in [-0.15, -0.1) is 0 Å². The molecule has 0 N–H and O–H groups in total. The third-order valence-electron chi connectivity index (χ3n) is 2.35. The van der Waals surface area contributed by atoms with Gasteiger partial charge < -0.3 is 9.80 Å². The van der Waals surface area contributed by atoms with Crippen LogP contribution in [0, 0.1) is 0 Å². The number of amides is 1. The zero-order chi connectivity index (χ0) is 10.8. The molecule has 0 atom stereocenters. The van der Waals surface area contributed by atoms with Crippen LogP contribution < -0.4 is 0 Å². The average molecular weight is 210 g/mol. The van der Waals surface area contributed by atoms with Crippen LogP contribution in [-0.4, -0.2) is 54.6 Å². The highest BCUT2D eigenvalue weighted by molar-refractivity contribution is 5.81. The fraction of sp³-hybridized carbons (Fsp3) is 0.875. The second-order valence-corrected chi connectivity index (χ2v) is 3.22. The van der Waals surface area contributed by atoms with E-state index in [4.69, 9.17) is 0 Å². The fourth-order valence-electron chi connectivity index (χ4n) is 1.45. The van der Waals surface area contributed by atoms with Crippen molar-refractivity contribution >= 4 is 5.91 Å². The normalized spacial score (nSPS) is 19.9. The monoisotopic (exact) mass is 210 g/mol. The van der Waals surface area contributed by atoms with Gasteiger partial charge in [0.15, 0.2) is 0 Å². The molecule has 0 bridgehead atoms. The minimum absolute atomic E-state index is 0.173. The summed E-state index contributed by atoms with van der Waals surface area (Å²) in [6.45, 7) is 4.16. The maximum absolute atomic E-state index is 12.0. The Kier molecular flexibility index (Phi) is 3.36. The number of carbonyl (C=O) groups excluding carboxylic acids is 1. The summed E-state index contributed by atoms with van der Waals surface area (Å²) in [5.74, 6) is -1.71. The van der Waals surface area contributed by atoms with Crippen LogP contribution >= 0.6 is 0 Å². The van der Waals surface area contributed by atoms with E-state index in [0.717, 1.165) is 11.4 Å². The molecule has 0 unspecified atom stereocenters. The molecule has 0 aromatic carbocycles. The summed E-state index contributed by atoms with van der Waals surface area (Å²) in [7, 11) is 0. The Bertz CT molecular complexity index is 209. The first-order valence-electron chi connectivity index (χ1n) is 4.53. The van der Waals surface area contributed by atoms with Gasteiger partial charge in [-0.25, -0.2) is 0 Å². The minimum atomic E-state index is -4.73. The minimum Gasteiger partial charge on any atom is -0.332 e. The number of alkyl halides is 3. The lowest BCUT2D eigenvalue weighted by atomic mass is 10.3. The van der Waals surface area contributed by atoms with Crippen molar-refractivity contribution in [1.29, 1.82) is 0 Å². The SMILES string of the molecule is CCN1CCN(C(=O)C(F)(F)F)CC1. The molecule has 0 aromatic heterocycles. The molecule has 82 valence electrons. The second-order valence-electron chi connectivity index (χ2n) is 3.22. The van der Waals surface area contributed by atoms with Crippen LogP contribution in [0.4, 0.5) is 13.2 Å². The van der Waals surface area contributed by atoms with Gasteiger partial charge in [-0.2, -0.15) is 13.2 Å². The lowest BCUT2D eigenvalue weighted by molar-refractivity contribution is -0.186. The Hall–Kier alpha value is -0.780. The van der Waals surface area contributed by atoms with Gasteiger partial charge in [0.05, 0.1) is 0 Å². The van der Waals surface area contributed by atoms with E-state index in [9.17, 15) is 18.0 Å². The number of nitrogens with zero attached hydrogens (tertiary/aromatic N) is 2. The van der Waals surface area contributed by atoms with Gasteiger partial charge in [0.1, 0.15) is 0 Å². The molecule has 0 spiro atoms. The fourth-order valence-corrected chi connectivity index (χ4v) is 1.45. The maximum Gasteiger partial charge on any atom is 0.471 e. The second kappa shape index (κ2) is 4.16. The van der Waals surface area contributed by atoms with Crippen molar-refractivity contribution in [2.24, 2.45) is 0 Å². The number of hydrogen-bond acceptors (Lipinski definition) is 2. The van der Waals surface area contributed by atoms with Gasteiger partial charge in [-0.05, 0) is 6.54 Å². The zero-order valence-electron chi connectivity index (χ0n) is 7.97. The summed E-state index contributed by atoms with van der Waals surface area (Å²) in [6, 6.07) is 0. The lowest BCUT2D eigenvalue weighted by Crippen LogP contribution is -2.52. The van der Waals surface area contributed by atoms with E-state index in [2.05, 4.69) is 0 Å². The van der Waals surface area contributed by atoms with E-state index in [-0.39, 0.29) is 13.1 Å².